The highest BCUT2D eigenvalue weighted by Gasteiger charge is 2.20. The predicted octanol–water partition coefficient (Wildman–Crippen LogP) is 2.35. The molecule has 0 aromatic carbocycles. The fourth-order valence-electron chi connectivity index (χ4n) is 1.55. The van der Waals surface area contributed by atoms with E-state index in [-0.39, 0.29) is 5.41 Å². The lowest BCUT2D eigenvalue weighted by Crippen LogP contribution is -2.11. The topological polar surface area (TPSA) is 64.5 Å². The van der Waals surface area contributed by atoms with Crippen molar-refractivity contribution in [3.05, 3.63) is 11.9 Å². The number of aliphatic hydroxyl groups is 1. The summed E-state index contributed by atoms with van der Waals surface area (Å²) in [7, 11) is 3.02. The Bertz CT molecular complexity index is 388. The Morgan fingerprint density at radius 3 is 2.44 bits per heavy atom. The summed E-state index contributed by atoms with van der Waals surface area (Å²) in [6, 6.07) is 0. The third-order valence-corrected chi connectivity index (χ3v) is 2.63. The molecule has 0 aliphatic heterocycles. The number of rotatable bonds is 5. The average molecular weight is 254 g/mol. The lowest BCUT2D eigenvalue weighted by atomic mass is 9.89. The predicted molar refractivity (Wildman–Crippen MR) is 68.8 cm³/mol. The number of aliphatic hydroxyl groups excluding tert-OH is 1. The summed E-state index contributed by atoms with van der Waals surface area (Å²) in [5.74, 6) is 0.689. The minimum atomic E-state index is -0.669. The molecule has 0 bridgehead atoms. The molecule has 1 atom stereocenters. The van der Waals surface area contributed by atoms with E-state index < -0.39 is 6.10 Å². The van der Waals surface area contributed by atoms with Crippen molar-refractivity contribution in [1.29, 1.82) is 0 Å². The van der Waals surface area contributed by atoms with Crippen LogP contribution in [0.3, 0.4) is 0 Å². The molecular weight excluding hydrogens is 232 g/mol. The second kappa shape index (κ2) is 6.00. The van der Waals surface area contributed by atoms with Crippen molar-refractivity contribution in [2.24, 2.45) is 5.41 Å². The Balaban J connectivity index is 2.81. The summed E-state index contributed by atoms with van der Waals surface area (Å²) >= 11 is 0. The molecular formula is C13H22N2O3. The minimum absolute atomic E-state index is 0.175. The standard InChI is InChI=1S/C13H22N2O3/c1-13(2,3)7-6-9(16)11-12(18-5)15-10(17-4)8-14-11/h8-9,16H,6-7H2,1-5H3. The van der Waals surface area contributed by atoms with Gasteiger partial charge in [-0.25, -0.2) is 4.98 Å². The van der Waals surface area contributed by atoms with Gasteiger partial charge in [0.2, 0.25) is 11.8 Å². The Morgan fingerprint density at radius 2 is 1.94 bits per heavy atom. The third-order valence-electron chi connectivity index (χ3n) is 2.63. The van der Waals surface area contributed by atoms with Gasteiger partial charge < -0.3 is 14.6 Å². The van der Waals surface area contributed by atoms with Gasteiger partial charge in [-0.1, -0.05) is 20.8 Å². The molecule has 1 N–H and O–H groups in total. The van der Waals surface area contributed by atoms with Gasteiger partial charge in [0.1, 0.15) is 11.8 Å². The highest BCUT2D eigenvalue weighted by molar-refractivity contribution is 5.24. The first kappa shape index (κ1) is 14.7. The molecule has 0 aliphatic carbocycles. The number of ether oxygens (including phenoxy) is 2. The summed E-state index contributed by atoms with van der Waals surface area (Å²) in [4.78, 5) is 8.27. The molecule has 0 saturated heterocycles. The molecule has 0 saturated carbocycles. The average Bonchev–Trinajstić information content (AvgIpc) is 2.34. The monoisotopic (exact) mass is 254 g/mol. The second-order valence-corrected chi connectivity index (χ2v) is 5.42. The lowest BCUT2D eigenvalue weighted by molar-refractivity contribution is 0.138. The van der Waals surface area contributed by atoms with Crippen LogP contribution in [0.25, 0.3) is 0 Å². The lowest BCUT2D eigenvalue weighted by Gasteiger charge is -2.20. The highest BCUT2D eigenvalue weighted by atomic mass is 16.5. The van der Waals surface area contributed by atoms with Crippen LogP contribution in [0.2, 0.25) is 0 Å². The van der Waals surface area contributed by atoms with Gasteiger partial charge in [0.15, 0.2) is 0 Å². The zero-order chi connectivity index (χ0) is 13.8. The van der Waals surface area contributed by atoms with Gasteiger partial charge in [0.25, 0.3) is 0 Å². The maximum absolute atomic E-state index is 10.1. The van der Waals surface area contributed by atoms with Crippen LogP contribution < -0.4 is 9.47 Å². The molecule has 102 valence electrons. The Morgan fingerprint density at radius 1 is 1.28 bits per heavy atom. The van der Waals surface area contributed by atoms with E-state index in [1.54, 1.807) is 0 Å². The molecule has 0 radical (unpaired) electrons. The van der Waals surface area contributed by atoms with Crippen molar-refractivity contribution in [3.63, 3.8) is 0 Å². The van der Waals surface area contributed by atoms with Crippen molar-refractivity contribution in [2.75, 3.05) is 14.2 Å². The fourth-order valence-corrected chi connectivity index (χ4v) is 1.55. The largest absolute Gasteiger partial charge is 0.480 e. The van der Waals surface area contributed by atoms with Crippen LogP contribution in [0.4, 0.5) is 0 Å². The summed E-state index contributed by atoms with van der Waals surface area (Å²) in [6.45, 7) is 6.41. The number of hydrogen-bond acceptors (Lipinski definition) is 5. The molecule has 1 rings (SSSR count). The number of aromatic nitrogens is 2. The van der Waals surface area contributed by atoms with Crippen LogP contribution in [0, 0.1) is 5.41 Å². The van der Waals surface area contributed by atoms with E-state index in [0.717, 1.165) is 6.42 Å². The second-order valence-electron chi connectivity index (χ2n) is 5.42. The van der Waals surface area contributed by atoms with E-state index in [2.05, 4.69) is 30.7 Å². The summed E-state index contributed by atoms with van der Waals surface area (Å²) in [6.07, 6.45) is 2.34. The van der Waals surface area contributed by atoms with E-state index in [1.165, 1.54) is 20.4 Å². The molecule has 0 aliphatic rings. The zero-order valence-electron chi connectivity index (χ0n) is 11.7. The van der Waals surface area contributed by atoms with E-state index in [1.807, 2.05) is 0 Å². The summed E-state index contributed by atoms with van der Waals surface area (Å²) in [5.41, 5.74) is 0.635. The molecule has 1 aromatic heterocycles. The van der Waals surface area contributed by atoms with Crippen molar-refractivity contribution in [3.8, 4) is 11.8 Å². The van der Waals surface area contributed by atoms with Crippen LogP contribution >= 0.6 is 0 Å². The molecule has 18 heavy (non-hydrogen) atoms. The van der Waals surface area contributed by atoms with Crippen molar-refractivity contribution >= 4 is 0 Å². The van der Waals surface area contributed by atoms with Crippen LogP contribution in [-0.2, 0) is 0 Å². The highest BCUT2D eigenvalue weighted by Crippen LogP contribution is 2.30. The first-order valence-electron chi connectivity index (χ1n) is 6.00. The van der Waals surface area contributed by atoms with Crippen molar-refractivity contribution in [1.82, 2.24) is 9.97 Å². The molecule has 0 fully saturated rings. The number of nitrogens with zero attached hydrogens (tertiary/aromatic N) is 2. The van der Waals surface area contributed by atoms with Crippen LogP contribution in [0.15, 0.2) is 6.20 Å². The minimum Gasteiger partial charge on any atom is -0.480 e. The quantitative estimate of drug-likeness (QED) is 0.873. The van der Waals surface area contributed by atoms with Gasteiger partial charge in [0, 0.05) is 0 Å². The van der Waals surface area contributed by atoms with Crippen LogP contribution in [0.1, 0.15) is 45.4 Å². The summed E-state index contributed by atoms with van der Waals surface area (Å²) < 4.78 is 10.1. The molecule has 1 aromatic rings. The maximum atomic E-state index is 10.1. The van der Waals surface area contributed by atoms with Crippen molar-refractivity contribution in [2.45, 2.75) is 39.7 Å². The van der Waals surface area contributed by atoms with Gasteiger partial charge >= 0.3 is 0 Å². The van der Waals surface area contributed by atoms with E-state index >= 15 is 0 Å². The molecule has 5 nitrogen and oxygen atoms in total. The van der Waals surface area contributed by atoms with E-state index in [9.17, 15) is 5.11 Å². The van der Waals surface area contributed by atoms with Gasteiger partial charge in [-0.3, -0.25) is 0 Å². The first-order valence-corrected chi connectivity index (χ1v) is 6.00. The summed E-state index contributed by atoms with van der Waals surface area (Å²) in [5, 5.41) is 10.1. The normalized spacial score (nSPS) is 13.2. The van der Waals surface area contributed by atoms with Gasteiger partial charge in [-0.05, 0) is 18.3 Å². The molecule has 0 spiro atoms. The number of methoxy groups -OCH3 is 2. The Kier molecular flexibility index (Phi) is 4.90. The number of hydrogen-bond donors (Lipinski definition) is 1. The SMILES string of the molecule is COc1cnc(C(O)CCC(C)(C)C)c(OC)n1. The van der Waals surface area contributed by atoms with Crippen LogP contribution in [0.5, 0.6) is 11.8 Å². The van der Waals surface area contributed by atoms with Crippen molar-refractivity contribution < 1.29 is 14.6 Å². The van der Waals surface area contributed by atoms with Gasteiger partial charge in [-0.15, -0.1) is 0 Å². The molecule has 0 amide bonds. The smallest absolute Gasteiger partial charge is 0.241 e. The van der Waals surface area contributed by atoms with Gasteiger partial charge in [-0.2, -0.15) is 4.98 Å². The van der Waals surface area contributed by atoms with Gasteiger partial charge in [0.05, 0.1) is 20.4 Å². The van der Waals surface area contributed by atoms with E-state index in [0.29, 0.717) is 23.9 Å². The molecule has 1 unspecified atom stereocenters. The Labute approximate surface area is 108 Å². The maximum Gasteiger partial charge on any atom is 0.241 e. The molecule has 1 heterocycles. The fraction of sp³-hybridized carbons (Fsp3) is 0.692. The van der Waals surface area contributed by atoms with Crippen LogP contribution in [-0.4, -0.2) is 29.3 Å². The molecule has 5 heteroatoms. The van der Waals surface area contributed by atoms with E-state index in [4.69, 9.17) is 9.47 Å². The zero-order valence-corrected chi connectivity index (χ0v) is 11.7. The first-order chi connectivity index (χ1) is 8.37. The Hall–Kier alpha value is -1.36. The third kappa shape index (κ3) is 4.14.